The van der Waals surface area contributed by atoms with Gasteiger partial charge in [-0.1, -0.05) is 39.7 Å². The van der Waals surface area contributed by atoms with Gasteiger partial charge < -0.3 is 15.0 Å². The summed E-state index contributed by atoms with van der Waals surface area (Å²) in [7, 11) is 0. The van der Waals surface area contributed by atoms with E-state index in [9.17, 15) is 9.59 Å². The zero-order valence-corrected chi connectivity index (χ0v) is 19.4. The minimum Gasteiger partial charge on any atom is -0.484 e. The molecule has 1 N–H and O–H groups in total. The van der Waals surface area contributed by atoms with E-state index in [-0.39, 0.29) is 24.5 Å². The summed E-state index contributed by atoms with van der Waals surface area (Å²) in [4.78, 5) is 27.0. The molecular formula is C22H26BrClN2O3. The summed E-state index contributed by atoms with van der Waals surface area (Å²) >= 11 is 9.48. The van der Waals surface area contributed by atoms with Crippen molar-refractivity contribution in [3.63, 3.8) is 0 Å². The van der Waals surface area contributed by atoms with E-state index in [1.165, 1.54) is 4.90 Å². The van der Waals surface area contributed by atoms with E-state index >= 15 is 0 Å². The summed E-state index contributed by atoms with van der Waals surface area (Å²) in [6.07, 6.45) is 0. The van der Waals surface area contributed by atoms with Crippen LogP contribution in [0.3, 0.4) is 0 Å². The van der Waals surface area contributed by atoms with Gasteiger partial charge in [-0.25, -0.2) is 0 Å². The lowest BCUT2D eigenvalue weighted by Gasteiger charge is -2.29. The average Bonchev–Trinajstić information content (AvgIpc) is 2.65. The number of hydrogen-bond acceptors (Lipinski definition) is 3. The summed E-state index contributed by atoms with van der Waals surface area (Å²) in [6, 6.07) is 12.2. The fraction of sp³-hybridized carbons (Fsp3) is 0.364. The fourth-order valence-electron chi connectivity index (χ4n) is 2.75. The SMILES string of the molecule is Cc1cc(OCC(=O)N(Cc2cccc(Br)c2)C(C)C(=O)NC(C)C)ccc1Cl. The largest absolute Gasteiger partial charge is 0.484 e. The number of hydrogen-bond donors (Lipinski definition) is 1. The van der Waals surface area contributed by atoms with Crippen molar-refractivity contribution in [2.24, 2.45) is 0 Å². The lowest BCUT2D eigenvalue weighted by molar-refractivity contribution is -0.142. The van der Waals surface area contributed by atoms with Crippen molar-refractivity contribution in [3.8, 4) is 5.75 Å². The highest BCUT2D eigenvalue weighted by atomic mass is 79.9. The van der Waals surface area contributed by atoms with E-state index in [4.69, 9.17) is 16.3 Å². The first-order valence-corrected chi connectivity index (χ1v) is 10.6. The molecule has 1 atom stereocenters. The molecular weight excluding hydrogens is 456 g/mol. The molecule has 2 rings (SSSR count). The van der Waals surface area contributed by atoms with Crippen LogP contribution in [0.4, 0.5) is 0 Å². The molecule has 5 nitrogen and oxygen atoms in total. The first kappa shape index (κ1) is 23.2. The van der Waals surface area contributed by atoms with Crippen molar-refractivity contribution < 1.29 is 14.3 Å². The standard InChI is InChI=1S/C22H26BrClN2O3/c1-14(2)25-22(28)16(4)26(12-17-6-5-7-18(23)11-17)21(27)13-29-19-8-9-20(24)15(3)10-19/h5-11,14,16H,12-13H2,1-4H3,(H,25,28). The normalized spacial score (nSPS) is 11.8. The maximum Gasteiger partial charge on any atom is 0.261 e. The second-order valence-electron chi connectivity index (χ2n) is 7.19. The number of amides is 2. The minimum atomic E-state index is -0.639. The van der Waals surface area contributed by atoms with Gasteiger partial charge in [0.1, 0.15) is 11.8 Å². The lowest BCUT2D eigenvalue weighted by Crippen LogP contribution is -2.50. The number of halogens is 2. The summed E-state index contributed by atoms with van der Waals surface area (Å²) < 4.78 is 6.58. The van der Waals surface area contributed by atoms with Crippen molar-refractivity contribution in [2.75, 3.05) is 6.61 Å². The Balaban J connectivity index is 2.16. The minimum absolute atomic E-state index is 0.0129. The molecule has 0 aromatic heterocycles. The third-order valence-corrected chi connectivity index (χ3v) is 5.25. The van der Waals surface area contributed by atoms with E-state index in [0.29, 0.717) is 17.3 Å². The second kappa shape index (κ2) is 10.6. The number of aryl methyl sites for hydroxylation is 1. The Morgan fingerprint density at radius 3 is 2.52 bits per heavy atom. The topological polar surface area (TPSA) is 58.6 Å². The van der Waals surface area contributed by atoms with Crippen LogP contribution in [-0.2, 0) is 16.1 Å². The highest BCUT2D eigenvalue weighted by Gasteiger charge is 2.27. The van der Waals surface area contributed by atoms with Gasteiger partial charge in [0, 0.05) is 22.1 Å². The zero-order valence-electron chi connectivity index (χ0n) is 17.0. The van der Waals surface area contributed by atoms with Crippen LogP contribution in [0.25, 0.3) is 0 Å². The molecule has 1 unspecified atom stereocenters. The molecule has 0 heterocycles. The van der Waals surface area contributed by atoms with Crippen molar-refractivity contribution in [3.05, 3.63) is 63.1 Å². The molecule has 7 heteroatoms. The summed E-state index contributed by atoms with van der Waals surface area (Å²) in [6.45, 7) is 7.49. The van der Waals surface area contributed by atoms with Crippen molar-refractivity contribution >= 4 is 39.3 Å². The first-order valence-electron chi connectivity index (χ1n) is 9.40. The predicted molar refractivity (Wildman–Crippen MR) is 119 cm³/mol. The third kappa shape index (κ3) is 7.05. The van der Waals surface area contributed by atoms with Crippen molar-refractivity contribution in [2.45, 2.75) is 46.3 Å². The number of ether oxygens (including phenoxy) is 1. The van der Waals surface area contributed by atoms with Gasteiger partial charge in [-0.15, -0.1) is 0 Å². The Morgan fingerprint density at radius 1 is 1.17 bits per heavy atom. The van der Waals surface area contributed by atoms with E-state index in [2.05, 4.69) is 21.2 Å². The number of nitrogens with one attached hydrogen (secondary N) is 1. The van der Waals surface area contributed by atoms with Crippen LogP contribution in [0, 0.1) is 6.92 Å². The molecule has 2 aromatic carbocycles. The van der Waals surface area contributed by atoms with Gasteiger partial charge in [0.25, 0.3) is 5.91 Å². The van der Waals surface area contributed by atoms with Crippen LogP contribution in [0.2, 0.25) is 5.02 Å². The Morgan fingerprint density at radius 2 is 1.90 bits per heavy atom. The molecule has 0 saturated heterocycles. The summed E-state index contributed by atoms with van der Waals surface area (Å²) in [5.41, 5.74) is 1.78. The number of carbonyl (C=O) groups excluding carboxylic acids is 2. The molecule has 0 fully saturated rings. The van der Waals surface area contributed by atoms with E-state index in [1.54, 1.807) is 25.1 Å². The van der Waals surface area contributed by atoms with Gasteiger partial charge in [-0.2, -0.15) is 0 Å². The van der Waals surface area contributed by atoms with E-state index in [1.807, 2.05) is 45.0 Å². The highest BCUT2D eigenvalue weighted by Crippen LogP contribution is 2.21. The number of carbonyl (C=O) groups is 2. The molecule has 156 valence electrons. The van der Waals surface area contributed by atoms with Crippen LogP contribution >= 0.6 is 27.5 Å². The Kier molecular flexibility index (Phi) is 8.53. The summed E-state index contributed by atoms with van der Waals surface area (Å²) in [5.74, 6) is 0.0802. The second-order valence-corrected chi connectivity index (χ2v) is 8.51. The first-order chi connectivity index (χ1) is 13.7. The molecule has 0 spiro atoms. The fourth-order valence-corrected chi connectivity index (χ4v) is 3.32. The van der Waals surface area contributed by atoms with Gasteiger partial charge in [0.2, 0.25) is 5.91 Å². The Bertz CT molecular complexity index is 873. The Hall–Kier alpha value is -2.05. The maximum absolute atomic E-state index is 13.0. The van der Waals surface area contributed by atoms with Gasteiger partial charge in [0.05, 0.1) is 0 Å². The van der Waals surface area contributed by atoms with Gasteiger partial charge in [0.15, 0.2) is 6.61 Å². The Labute approximate surface area is 185 Å². The van der Waals surface area contributed by atoms with Gasteiger partial charge in [-0.05, 0) is 69.2 Å². The number of rotatable bonds is 8. The molecule has 29 heavy (non-hydrogen) atoms. The highest BCUT2D eigenvalue weighted by molar-refractivity contribution is 9.10. The molecule has 0 saturated carbocycles. The summed E-state index contributed by atoms with van der Waals surface area (Å²) in [5, 5.41) is 3.50. The molecule has 2 aromatic rings. The van der Waals surface area contributed by atoms with E-state index in [0.717, 1.165) is 15.6 Å². The molecule has 0 aliphatic rings. The quantitative estimate of drug-likeness (QED) is 0.593. The molecule has 0 radical (unpaired) electrons. The van der Waals surface area contributed by atoms with Crippen molar-refractivity contribution in [1.29, 1.82) is 0 Å². The van der Waals surface area contributed by atoms with Crippen LogP contribution < -0.4 is 10.1 Å². The average molecular weight is 482 g/mol. The van der Waals surface area contributed by atoms with Crippen LogP contribution in [0.15, 0.2) is 46.9 Å². The monoisotopic (exact) mass is 480 g/mol. The molecule has 0 aliphatic carbocycles. The van der Waals surface area contributed by atoms with Crippen LogP contribution in [-0.4, -0.2) is 35.4 Å². The molecule has 2 amide bonds. The van der Waals surface area contributed by atoms with Crippen molar-refractivity contribution in [1.82, 2.24) is 10.2 Å². The third-order valence-electron chi connectivity index (χ3n) is 4.33. The molecule has 0 bridgehead atoms. The maximum atomic E-state index is 13.0. The zero-order chi connectivity index (χ0) is 21.6. The predicted octanol–water partition coefficient (Wildman–Crippen LogP) is 4.73. The van der Waals surface area contributed by atoms with Gasteiger partial charge >= 0.3 is 0 Å². The number of benzene rings is 2. The lowest BCUT2D eigenvalue weighted by atomic mass is 10.1. The van der Waals surface area contributed by atoms with E-state index < -0.39 is 6.04 Å². The van der Waals surface area contributed by atoms with Crippen LogP contribution in [0.1, 0.15) is 31.9 Å². The molecule has 0 aliphatic heterocycles. The van der Waals surface area contributed by atoms with Crippen LogP contribution in [0.5, 0.6) is 5.75 Å². The van der Waals surface area contributed by atoms with Gasteiger partial charge in [-0.3, -0.25) is 9.59 Å². The number of nitrogens with zero attached hydrogens (tertiary/aromatic N) is 1. The smallest absolute Gasteiger partial charge is 0.261 e.